The third-order valence-electron chi connectivity index (χ3n) is 3.52. The Hall–Kier alpha value is -2.93. The van der Waals surface area contributed by atoms with Crippen LogP contribution in [0.5, 0.6) is 5.75 Å². The fourth-order valence-corrected chi connectivity index (χ4v) is 2.64. The lowest BCUT2D eigenvalue weighted by atomic mass is 10.1. The molecule has 1 N–H and O–H groups in total. The van der Waals surface area contributed by atoms with E-state index < -0.39 is 18.5 Å². The number of amides is 1. The van der Waals surface area contributed by atoms with Gasteiger partial charge in [0.1, 0.15) is 5.75 Å². The molecule has 2 aromatic rings. The Morgan fingerprint density at radius 2 is 1.89 bits per heavy atom. The lowest BCUT2D eigenvalue weighted by Crippen LogP contribution is -2.21. The number of nitrogens with one attached hydrogen (secondary N) is 1. The van der Waals surface area contributed by atoms with E-state index in [0.29, 0.717) is 22.6 Å². The quantitative estimate of drug-likeness (QED) is 0.408. The lowest BCUT2D eigenvalue weighted by molar-refractivity contribution is -0.142. The maximum Gasteiger partial charge on any atom is 0.331 e. The Morgan fingerprint density at radius 3 is 2.59 bits per heavy atom. The summed E-state index contributed by atoms with van der Waals surface area (Å²) < 4.78 is 11.0. The number of ether oxygens (including phenoxy) is 2. The standard InChI is InChI=1S/C20H18BrNO5/c1-13(23)16-5-3-4-6-17(16)22-19(24)12-27-20(25)10-7-14-11-15(21)8-9-18(14)26-2/h3-11H,12H2,1-2H3,(H,22,24)/b10-7+. The molecule has 0 unspecified atom stereocenters. The van der Waals surface area contributed by atoms with Crippen molar-refractivity contribution in [1.82, 2.24) is 0 Å². The minimum absolute atomic E-state index is 0.172. The molecular formula is C20H18BrNO5. The molecule has 0 aromatic heterocycles. The van der Waals surface area contributed by atoms with Gasteiger partial charge in [-0.1, -0.05) is 28.1 Å². The van der Waals surface area contributed by atoms with Gasteiger partial charge in [0.15, 0.2) is 12.4 Å². The summed E-state index contributed by atoms with van der Waals surface area (Å²) >= 11 is 3.35. The molecule has 0 aliphatic rings. The van der Waals surface area contributed by atoms with Gasteiger partial charge in [0.05, 0.1) is 12.8 Å². The van der Waals surface area contributed by atoms with Gasteiger partial charge in [-0.15, -0.1) is 0 Å². The normalized spacial score (nSPS) is 10.5. The second-order valence-corrected chi connectivity index (χ2v) is 6.39. The molecule has 2 rings (SSSR count). The summed E-state index contributed by atoms with van der Waals surface area (Å²) in [4.78, 5) is 35.3. The Bertz CT molecular complexity index is 892. The van der Waals surface area contributed by atoms with Gasteiger partial charge in [-0.3, -0.25) is 9.59 Å². The molecule has 0 aliphatic heterocycles. The van der Waals surface area contributed by atoms with E-state index in [2.05, 4.69) is 21.2 Å². The molecule has 0 heterocycles. The summed E-state index contributed by atoms with van der Waals surface area (Å²) in [7, 11) is 1.53. The van der Waals surface area contributed by atoms with E-state index in [1.807, 2.05) is 6.07 Å². The van der Waals surface area contributed by atoms with Crippen molar-refractivity contribution in [1.29, 1.82) is 0 Å². The van der Waals surface area contributed by atoms with Crippen molar-refractivity contribution in [2.45, 2.75) is 6.92 Å². The molecule has 27 heavy (non-hydrogen) atoms. The van der Waals surface area contributed by atoms with E-state index in [-0.39, 0.29) is 5.78 Å². The van der Waals surface area contributed by atoms with Gasteiger partial charge in [-0.05, 0) is 43.3 Å². The van der Waals surface area contributed by atoms with Crippen LogP contribution in [0.1, 0.15) is 22.8 Å². The first-order chi connectivity index (χ1) is 12.9. The Labute approximate surface area is 165 Å². The minimum Gasteiger partial charge on any atom is -0.496 e. The van der Waals surface area contributed by atoms with Crippen LogP contribution in [0, 0.1) is 0 Å². The van der Waals surface area contributed by atoms with Crippen molar-refractivity contribution in [2.75, 3.05) is 19.0 Å². The topological polar surface area (TPSA) is 81.7 Å². The van der Waals surface area contributed by atoms with E-state index in [4.69, 9.17) is 9.47 Å². The molecule has 0 spiro atoms. The molecule has 140 valence electrons. The lowest BCUT2D eigenvalue weighted by Gasteiger charge is -2.09. The molecule has 0 aliphatic carbocycles. The highest BCUT2D eigenvalue weighted by Gasteiger charge is 2.11. The largest absolute Gasteiger partial charge is 0.496 e. The average molecular weight is 432 g/mol. The van der Waals surface area contributed by atoms with Crippen LogP contribution in [0.2, 0.25) is 0 Å². The number of para-hydroxylation sites is 1. The summed E-state index contributed by atoms with van der Waals surface area (Å²) in [6.07, 6.45) is 2.75. The summed E-state index contributed by atoms with van der Waals surface area (Å²) in [5.74, 6) is -0.785. The predicted octanol–water partition coefficient (Wildman–Crippen LogP) is 3.86. The number of methoxy groups -OCH3 is 1. The molecule has 7 heteroatoms. The number of halogens is 1. The Morgan fingerprint density at radius 1 is 1.15 bits per heavy atom. The smallest absolute Gasteiger partial charge is 0.331 e. The second-order valence-electron chi connectivity index (χ2n) is 5.48. The number of ketones is 1. The van der Waals surface area contributed by atoms with Gasteiger partial charge in [0.25, 0.3) is 5.91 Å². The molecule has 1 amide bonds. The molecule has 2 aromatic carbocycles. The molecular weight excluding hydrogens is 414 g/mol. The number of carbonyl (C=O) groups excluding carboxylic acids is 3. The van der Waals surface area contributed by atoms with Crippen LogP contribution >= 0.6 is 15.9 Å². The molecule has 0 bridgehead atoms. The van der Waals surface area contributed by atoms with E-state index in [1.54, 1.807) is 36.4 Å². The molecule has 6 nitrogen and oxygen atoms in total. The van der Waals surface area contributed by atoms with Gasteiger partial charge in [0, 0.05) is 21.7 Å². The van der Waals surface area contributed by atoms with Gasteiger partial charge in [-0.2, -0.15) is 0 Å². The number of anilines is 1. The number of hydrogen-bond acceptors (Lipinski definition) is 5. The van der Waals surface area contributed by atoms with Crippen molar-refractivity contribution in [3.63, 3.8) is 0 Å². The van der Waals surface area contributed by atoms with Crippen LogP contribution in [0.4, 0.5) is 5.69 Å². The minimum atomic E-state index is -0.674. The van der Waals surface area contributed by atoms with Crippen LogP contribution in [0.15, 0.2) is 53.0 Å². The van der Waals surface area contributed by atoms with Crippen molar-refractivity contribution in [2.24, 2.45) is 0 Å². The van der Waals surface area contributed by atoms with Crippen molar-refractivity contribution >= 4 is 45.4 Å². The number of Topliss-reactive ketones (excluding diaryl/α,β-unsaturated/α-hetero) is 1. The third kappa shape index (κ3) is 6.07. The zero-order valence-electron chi connectivity index (χ0n) is 14.8. The zero-order chi connectivity index (χ0) is 19.8. The van der Waals surface area contributed by atoms with Crippen LogP contribution in [-0.2, 0) is 14.3 Å². The average Bonchev–Trinajstić information content (AvgIpc) is 2.65. The van der Waals surface area contributed by atoms with Gasteiger partial charge in [-0.25, -0.2) is 4.79 Å². The van der Waals surface area contributed by atoms with Crippen LogP contribution in [0.25, 0.3) is 6.08 Å². The van der Waals surface area contributed by atoms with Gasteiger partial charge >= 0.3 is 5.97 Å². The van der Waals surface area contributed by atoms with E-state index in [9.17, 15) is 14.4 Å². The number of esters is 1. The summed E-state index contributed by atoms with van der Waals surface area (Å²) in [5, 5.41) is 2.56. The van der Waals surface area contributed by atoms with Crippen molar-refractivity contribution in [3.05, 3.63) is 64.1 Å². The van der Waals surface area contributed by atoms with E-state index >= 15 is 0 Å². The first kappa shape index (κ1) is 20.4. The van der Waals surface area contributed by atoms with Crippen LogP contribution in [0.3, 0.4) is 0 Å². The maximum atomic E-state index is 12.0. The summed E-state index contributed by atoms with van der Waals surface area (Å²) in [5.41, 5.74) is 1.45. The predicted molar refractivity (Wildman–Crippen MR) is 106 cm³/mol. The van der Waals surface area contributed by atoms with Crippen molar-refractivity contribution < 1.29 is 23.9 Å². The first-order valence-corrected chi connectivity index (χ1v) is 8.78. The molecule has 0 radical (unpaired) electrons. The highest BCUT2D eigenvalue weighted by molar-refractivity contribution is 9.10. The highest BCUT2D eigenvalue weighted by atomic mass is 79.9. The molecule has 0 saturated carbocycles. The summed E-state index contributed by atoms with van der Waals surface area (Å²) in [6.45, 7) is 0.942. The van der Waals surface area contributed by atoms with Crippen LogP contribution in [-0.4, -0.2) is 31.4 Å². The number of rotatable bonds is 7. The fraction of sp³-hybridized carbons (Fsp3) is 0.150. The number of benzene rings is 2. The Kier molecular flexibility index (Phi) is 7.31. The third-order valence-corrected chi connectivity index (χ3v) is 4.01. The van der Waals surface area contributed by atoms with E-state index in [0.717, 1.165) is 4.47 Å². The fourth-order valence-electron chi connectivity index (χ4n) is 2.26. The van der Waals surface area contributed by atoms with Crippen LogP contribution < -0.4 is 10.1 Å². The highest BCUT2D eigenvalue weighted by Crippen LogP contribution is 2.24. The second kappa shape index (κ2) is 9.68. The molecule has 0 fully saturated rings. The number of hydrogen-bond donors (Lipinski definition) is 1. The van der Waals surface area contributed by atoms with E-state index in [1.165, 1.54) is 26.2 Å². The molecule has 0 saturated heterocycles. The maximum absolute atomic E-state index is 12.0. The van der Waals surface area contributed by atoms with Crippen molar-refractivity contribution in [3.8, 4) is 5.75 Å². The SMILES string of the molecule is COc1ccc(Br)cc1/C=C/C(=O)OCC(=O)Nc1ccccc1C(C)=O. The summed E-state index contributed by atoms with van der Waals surface area (Å²) in [6, 6.07) is 12.0. The first-order valence-electron chi connectivity index (χ1n) is 7.99. The van der Waals surface area contributed by atoms with Gasteiger partial charge < -0.3 is 14.8 Å². The molecule has 0 atom stereocenters. The Balaban J connectivity index is 1.93. The van der Waals surface area contributed by atoms with Gasteiger partial charge in [0.2, 0.25) is 0 Å². The number of carbonyl (C=O) groups is 3. The monoisotopic (exact) mass is 431 g/mol. The zero-order valence-corrected chi connectivity index (χ0v) is 16.4.